The van der Waals surface area contributed by atoms with Crippen molar-refractivity contribution in [2.45, 2.75) is 30.6 Å². The Morgan fingerprint density at radius 2 is 2.25 bits per heavy atom. The molecule has 4 aliphatic rings. The molecule has 0 radical (unpaired) electrons. The Balaban J connectivity index is 1.65. The number of rotatable bonds is 1. The number of carbonyl (C=O) groups excluding carboxylic acids is 1. The Kier molecular flexibility index (Phi) is 3.66. The van der Waals surface area contributed by atoms with Gasteiger partial charge in [-0.15, -0.1) is 0 Å². The van der Waals surface area contributed by atoms with Crippen LogP contribution in [0.4, 0.5) is 0 Å². The molecule has 130 valence electrons. The Morgan fingerprint density at radius 3 is 3.00 bits per heavy atom. The number of hydrogen-bond donors (Lipinski definition) is 4. The molecule has 0 spiro atoms. The molecule has 4 rings (SSSR count). The number of guanidine groups is 1. The van der Waals surface area contributed by atoms with Gasteiger partial charge in [0.25, 0.3) is 5.91 Å². The molecule has 24 heavy (non-hydrogen) atoms. The van der Waals surface area contributed by atoms with Gasteiger partial charge >= 0.3 is 7.82 Å². The number of amides is 1. The Hall–Kier alpha value is -1.21. The summed E-state index contributed by atoms with van der Waals surface area (Å²) in [7, 11) is -4.24. The maximum atomic E-state index is 11.9. The molecule has 6 unspecified atom stereocenters. The van der Waals surface area contributed by atoms with E-state index < -0.39 is 44.3 Å². The minimum Gasteiger partial charge on any atom is -0.386 e. The third-order valence-electron chi connectivity index (χ3n) is 3.86. The van der Waals surface area contributed by atoms with Crippen molar-refractivity contribution in [3.63, 3.8) is 0 Å². The number of aliphatic hydroxyl groups excluding tert-OH is 1. The van der Waals surface area contributed by atoms with E-state index in [1.54, 1.807) is 0 Å². The van der Waals surface area contributed by atoms with Crippen LogP contribution in [0.3, 0.4) is 0 Å². The highest BCUT2D eigenvalue weighted by atomic mass is 79.9. The van der Waals surface area contributed by atoms with Crippen molar-refractivity contribution < 1.29 is 33.1 Å². The number of nitrogens with zero attached hydrogens (tertiary/aromatic N) is 3. The van der Waals surface area contributed by atoms with Gasteiger partial charge in [-0.05, 0) is 15.9 Å². The zero-order chi connectivity index (χ0) is 17.2. The lowest BCUT2D eigenvalue weighted by Gasteiger charge is -2.29. The van der Waals surface area contributed by atoms with Gasteiger partial charge in [0.2, 0.25) is 5.96 Å². The fraction of sp³-hybridized carbons (Fsp3) is 0.600. The number of halogens is 1. The normalized spacial score (nSPS) is 44.6. The zero-order valence-corrected chi connectivity index (χ0v) is 14.2. The van der Waals surface area contributed by atoms with Crippen molar-refractivity contribution in [1.82, 2.24) is 10.2 Å². The number of nitrogens with one attached hydrogen (secondary N) is 2. The van der Waals surface area contributed by atoms with Crippen LogP contribution >= 0.6 is 23.8 Å². The Morgan fingerprint density at radius 1 is 1.50 bits per heavy atom. The number of phosphoric acid groups is 1. The number of carbonyl (C=O) groups is 1. The van der Waals surface area contributed by atoms with Crippen LogP contribution in [0.5, 0.6) is 0 Å². The lowest BCUT2D eigenvalue weighted by Crippen LogP contribution is -2.54. The molecule has 0 bridgehead atoms. The van der Waals surface area contributed by atoms with E-state index in [4.69, 9.17) is 14.7 Å². The van der Waals surface area contributed by atoms with Gasteiger partial charge in [-0.2, -0.15) is 4.99 Å². The van der Waals surface area contributed by atoms with Gasteiger partial charge in [-0.1, -0.05) is 0 Å². The molecule has 4 N–H and O–H groups in total. The summed E-state index contributed by atoms with van der Waals surface area (Å²) in [6.45, 7) is -0.235. The van der Waals surface area contributed by atoms with Gasteiger partial charge in [-0.25, -0.2) is 9.56 Å². The number of aliphatic hydroxyl groups is 1. The smallest absolute Gasteiger partial charge is 0.386 e. The molecular weight excluding hydrogens is 413 g/mol. The first kappa shape index (κ1) is 16.3. The van der Waals surface area contributed by atoms with E-state index in [1.807, 2.05) is 0 Å². The molecule has 12 nitrogen and oxygen atoms in total. The number of hydrogen-bond acceptors (Lipinski definition) is 9. The van der Waals surface area contributed by atoms with E-state index in [9.17, 15) is 19.4 Å². The molecule has 6 atom stereocenters. The fourth-order valence-electron chi connectivity index (χ4n) is 2.86. The van der Waals surface area contributed by atoms with E-state index >= 15 is 0 Å². The molecular formula is C10H11BrN5O7P. The largest absolute Gasteiger partial charge is 0.472 e. The molecule has 0 aromatic rings. The second kappa shape index (κ2) is 5.39. The minimum absolute atomic E-state index is 0.103. The number of amidine groups is 2. The first-order valence-corrected chi connectivity index (χ1v) is 9.05. The SMILES string of the molecule is N=C1N=C2C(N=C(Br)N2C2OC3COP(=O)(O)OC3C2O)C(=O)N1. The summed E-state index contributed by atoms with van der Waals surface area (Å²) in [6.07, 6.45) is -4.28. The van der Waals surface area contributed by atoms with Gasteiger partial charge in [0, 0.05) is 0 Å². The summed E-state index contributed by atoms with van der Waals surface area (Å²) >= 11 is 3.18. The molecule has 0 aromatic heterocycles. The highest BCUT2D eigenvalue weighted by Crippen LogP contribution is 2.51. The Labute approximate surface area is 142 Å². The molecule has 0 aromatic carbocycles. The van der Waals surface area contributed by atoms with Crippen LogP contribution in [0.15, 0.2) is 9.98 Å². The third kappa shape index (κ3) is 2.44. The summed E-state index contributed by atoms with van der Waals surface area (Å²) in [5.41, 5.74) is 0. The number of aliphatic imine (C=N–C) groups is 2. The first-order valence-electron chi connectivity index (χ1n) is 6.76. The van der Waals surface area contributed by atoms with E-state index in [0.717, 1.165) is 0 Å². The van der Waals surface area contributed by atoms with Gasteiger partial charge in [0.1, 0.15) is 18.3 Å². The second-order valence-electron chi connectivity index (χ2n) is 5.37. The maximum absolute atomic E-state index is 11.9. The number of ether oxygens (including phenoxy) is 1. The molecule has 4 aliphatic heterocycles. The molecule has 2 saturated heterocycles. The van der Waals surface area contributed by atoms with Gasteiger partial charge in [0.15, 0.2) is 22.9 Å². The zero-order valence-electron chi connectivity index (χ0n) is 11.7. The number of fused-ring (bicyclic) bond motifs is 2. The average Bonchev–Trinajstić information content (AvgIpc) is 2.96. The minimum atomic E-state index is -4.24. The highest BCUT2D eigenvalue weighted by molar-refractivity contribution is 9.18. The molecule has 1 amide bonds. The van der Waals surface area contributed by atoms with Crippen molar-refractivity contribution >= 4 is 46.2 Å². The van der Waals surface area contributed by atoms with Crippen LogP contribution in [0, 0.1) is 5.41 Å². The van der Waals surface area contributed by atoms with Gasteiger partial charge < -0.3 is 14.7 Å². The van der Waals surface area contributed by atoms with E-state index in [1.165, 1.54) is 4.90 Å². The highest BCUT2D eigenvalue weighted by Gasteiger charge is 2.56. The maximum Gasteiger partial charge on any atom is 0.472 e. The summed E-state index contributed by atoms with van der Waals surface area (Å²) < 4.78 is 26.9. The monoisotopic (exact) mass is 423 g/mol. The lowest BCUT2D eigenvalue weighted by molar-refractivity contribution is -0.119. The fourth-order valence-corrected chi connectivity index (χ4v) is 4.41. The van der Waals surface area contributed by atoms with Crippen molar-refractivity contribution in [2.24, 2.45) is 9.98 Å². The molecule has 14 heteroatoms. The van der Waals surface area contributed by atoms with Crippen LogP contribution in [0.1, 0.15) is 0 Å². The van der Waals surface area contributed by atoms with E-state index in [0.29, 0.717) is 0 Å². The quantitative estimate of drug-likeness (QED) is 0.291. The summed E-state index contributed by atoms with van der Waals surface area (Å²) in [5, 5.41) is 20.2. The molecule has 2 fully saturated rings. The molecule has 0 saturated carbocycles. The van der Waals surface area contributed by atoms with Crippen molar-refractivity contribution in [1.29, 1.82) is 5.41 Å². The van der Waals surface area contributed by atoms with Crippen LogP contribution < -0.4 is 5.32 Å². The predicted octanol–water partition coefficient (Wildman–Crippen LogP) is -1.51. The second-order valence-corrected chi connectivity index (χ2v) is 7.48. The van der Waals surface area contributed by atoms with Crippen molar-refractivity contribution in [3.8, 4) is 0 Å². The summed E-state index contributed by atoms with van der Waals surface area (Å²) in [6, 6.07) is -0.979. The standard InChI is InChI=1S/C10H11BrN5O7P/c11-9-13-3-6(14-10(12)15-7(3)18)16(9)8-4(17)5-2(22-8)1-21-24(19,20)23-5/h2-5,8,17H,1H2,(H,19,20)(H2,12,15,18). The lowest BCUT2D eigenvalue weighted by atomic mass is 10.1. The number of phosphoric ester groups is 1. The summed E-state index contributed by atoms with van der Waals surface area (Å²) in [4.78, 5) is 30.6. The van der Waals surface area contributed by atoms with Gasteiger partial charge in [-0.3, -0.25) is 29.5 Å². The first-order chi connectivity index (χ1) is 11.3. The van der Waals surface area contributed by atoms with E-state index in [-0.39, 0.29) is 23.1 Å². The average molecular weight is 424 g/mol. The van der Waals surface area contributed by atoms with Crippen molar-refractivity contribution in [2.75, 3.05) is 6.61 Å². The van der Waals surface area contributed by atoms with Crippen LogP contribution in [-0.4, -0.2) is 74.5 Å². The van der Waals surface area contributed by atoms with Crippen LogP contribution in [-0.2, 0) is 23.1 Å². The van der Waals surface area contributed by atoms with Gasteiger partial charge in [0.05, 0.1) is 6.61 Å². The Bertz CT molecular complexity index is 743. The third-order valence-corrected chi connectivity index (χ3v) is 5.43. The van der Waals surface area contributed by atoms with Crippen LogP contribution in [0.2, 0.25) is 0 Å². The van der Waals surface area contributed by atoms with Crippen LogP contribution in [0.25, 0.3) is 0 Å². The summed E-state index contributed by atoms with van der Waals surface area (Å²) in [5.74, 6) is -0.793. The van der Waals surface area contributed by atoms with E-state index in [2.05, 4.69) is 35.8 Å². The molecule has 4 heterocycles. The topological polar surface area (TPSA) is 166 Å². The predicted molar refractivity (Wildman–Crippen MR) is 80.6 cm³/mol. The molecule has 0 aliphatic carbocycles. The van der Waals surface area contributed by atoms with Crippen molar-refractivity contribution in [3.05, 3.63) is 0 Å².